The van der Waals surface area contributed by atoms with Gasteiger partial charge in [-0.2, -0.15) is 0 Å². The summed E-state index contributed by atoms with van der Waals surface area (Å²) in [5, 5.41) is 0. The Morgan fingerprint density at radius 2 is 1.58 bits per heavy atom. The minimum atomic E-state index is 0. The quantitative estimate of drug-likeness (QED) is 0.601. The van der Waals surface area contributed by atoms with E-state index >= 15 is 0 Å². The van der Waals surface area contributed by atoms with Crippen molar-refractivity contribution in [2.45, 2.75) is 31.1 Å². The predicted molar refractivity (Wildman–Crippen MR) is 56.0 cm³/mol. The topological polar surface area (TPSA) is 31.5 Å². The molecule has 68 valence electrons. The molecule has 2 N–H and O–H groups in total. The van der Waals surface area contributed by atoms with Gasteiger partial charge >= 0.3 is 0 Å². The van der Waals surface area contributed by atoms with Gasteiger partial charge in [-0.1, -0.05) is 39.0 Å². The Kier molecular flexibility index (Phi) is 3.81. The second kappa shape index (κ2) is 3.97. The lowest BCUT2D eigenvalue weighted by atomic mass is 9.87. The summed E-state index contributed by atoms with van der Waals surface area (Å²) in [6.45, 7) is 6.59. The van der Waals surface area contributed by atoms with Crippen molar-refractivity contribution < 1.29 is 5.48 Å². The third-order valence-corrected chi connectivity index (χ3v) is 2.10. The van der Waals surface area contributed by atoms with Gasteiger partial charge in [-0.25, -0.2) is 0 Å². The van der Waals surface area contributed by atoms with E-state index in [-0.39, 0.29) is 10.9 Å². The zero-order chi connectivity index (χ0) is 8.48. The molecule has 0 spiro atoms. The average molecular weight is 184 g/mol. The summed E-state index contributed by atoms with van der Waals surface area (Å²) in [6, 6.07) is 8.23. The minimum absolute atomic E-state index is 0. The summed E-state index contributed by atoms with van der Waals surface area (Å²) in [6.07, 6.45) is 0. The van der Waals surface area contributed by atoms with E-state index in [0.29, 0.717) is 0 Å². The summed E-state index contributed by atoms with van der Waals surface area (Å²) in [4.78, 5) is 1.08. The third kappa shape index (κ3) is 2.54. The van der Waals surface area contributed by atoms with Crippen LogP contribution in [0, 0.1) is 0 Å². The number of benzene rings is 1. The Morgan fingerprint density at radius 3 is 1.92 bits per heavy atom. The first-order chi connectivity index (χ1) is 5.02. The molecule has 1 nitrogen and oxygen atoms in total. The van der Waals surface area contributed by atoms with E-state index < -0.39 is 0 Å². The molecule has 0 saturated carbocycles. The van der Waals surface area contributed by atoms with E-state index in [1.54, 1.807) is 0 Å². The Labute approximate surface area is 79.5 Å². The van der Waals surface area contributed by atoms with Crippen LogP contribution in [0.4, 0.5) is 0 Å². The smallest absolute Gasteiger partial charge is 0.00773 e. The van der Waals surface area contributed by atoms with Crippen molar-refractivity contribution in [3.8, 4) is 0 Å². The minimum Gasteiger partial charge on any atom is -0.412 e. The van der Waals surface area contributed by atoms with Crippen LogP contribution in [0.2, 0.25) is 0 Å². The first kappa shape index (κ1) is 11.5. The molecule has 1 rings (SSSR count). The first-order valence-corrected chi connectivity index (χ1v) is 4.25. The highest BCUT2D eigenvalue weighted by molar-refractivity contribution is 7.80. The molecule has 0 aliphatic rings. The fourth-order valence-electron chi connectivity index (χ4n) is 1.11. The number of thiol groups is 1. The van der Waals surface area contributed by atoms with Crippen molar-refractivity contribution >= 4 is 12.6 Å². The first-order valence-electron chi connectivity index (χ1n) is 3.80. The fraction of sp³-hybridized carbons (Fsp3) is 0.400. The maximum atomic E-state index is 4.39. The highest BCUT2D eigenvalue weighted by Gasteiger charge is 2.14. The molecule has 1 aromatic rings. The zero-order valence-corrected chi connectivity index (χ0v) is 8.65. The maximum Gasteiger partial charge on any atom is 0.00773 e. The van der Waals surface area contributed by atoms with E-state index in [4.69, 9.17) is 0 Å². The summed E-state index contributed by atoms with van der Waals surface area (Å²) in [5.74, 6) is 0. The number of hydrogen-bond acceptors (Lipinski definition) is 1. The Morgan fingerprint density at radius 1 is 1.08 bits per heavy atom. The molecule has 0 bridgehead atoms. The van der Waals surface area contributed by atoms with Gasteiger partial charge in [0.25, 0.3) is 0 Å². The normalized spacial score (nSPS) is 10.7. The van der Waals surface area contributed by atoms with Gasteiger partial charge in [0.15, 0.2) is 0 Å². The van der Waals surface area contributed by atoms with Gasteiger partial charge in [0.2, 0.25) is 0 Å². The molecule has 0 aliphatic heterocycles. The van der Waals surface area contributed by atoms with Crippen molar-refractivity contribution in [3.63, 3.8) is 0 Å². The molecule has 0 fully saturated rings. The van der Waals surface area contributed by atoms with Crippen LogP contribution >= 0.6 is 12.6 Å². The van der Waals surface area contributed by atoms with Gasteiger partial charge < -0.3 is 5.48 Å². The third-order valence-electron chi connectivity index (χ3n) is 1.71. The molecule has 0 heterocycles. The van der Waals surface area contributed by atoms with Crippen molar-refractivity contribution in [2.75, 3.05) is 0 Å². The zero-order valence-electron chi connectivity index (χ0n) is 7.76. The maximum absolute atomic E-state index is 4.39. The van der Waals surface area contributed by atoms with Crippen LogP contribution < -0.4 is 0 Å². The lowest BCUT2D eigenvalue weighted by Gasteiger charge is -2.20. The highest BCUT2D eigenvalue weighted by atomic mass is 32.1. The van der Waals surface area contributed by atoms with Crippen LogP contribution in [0.5, 0.6) is 0 Å². The van der Waals surface area contributed by atoms with Crippen LogP contribution in [-0.4, -0.2) is 5.48 Å². The molecule has 2 heteroatoms. The molecule has 0 saturated heterocycles. The largest absolute Gasteiger partial charge is 0.412 e. The van der Waals surface area contributed by atoms with E-state index in [0.717, 1.165) is 4.90 Å². The molecule has 0 atom stereocenters. The summed E-state index contributed by atoms with van der Waals surface area (Å²) in [5.41, 5.74) is 1.52. The monoisotopic (exact) mass is 184 g/mol. The van der Waals surface area contributed by atoms with Crippen LogP contribution in [0.1, 0.15) is 26.3 Å². The van der Waals surface area contributed by atoms with E-state index in [9.17, 15) is 0 Å². The van der Waals surface area contributed by atoms with Crippen molar-refractivity contribution in [1.82, 2.24) is 0 Å². The van der Waals surface area contributed by atoms with Crippen molar-refractivity contribution in [1.29, 1.82) is 0 Å². The van der Waals surface area contributed by atoms with Gasteiger partial charge in [-0.15, -0.1) is 12.6 Å². The molecule has 0 amide bonds. The second-order valence-electron chi connectivity index (χ2n) is 3.77. The van der Waals surface area contributed by atoms with E-state index in [2.05, 4.69) is 45.5 Å². The molecule has 0 unspecified atom stereocenters. The van der Waals surface area contributed by atoms with E-state index in [1.807, 2.05) is 12.1 Å². The number of hydrogen-bond donors (Lipinski definition) is 1. The predicted octanol–water partition coefficient (Wildman–Crippen LogP) is 2.45. The lowest BCUT2D eigenvalue weighted by molar-refractivity contribution is 0.578. The SMILES string of the molecule is CC(C)(C)c1ccccc1S.O. The molecule has 0 aromatic heterocycles. The summed E-state index contributed by atoms with van der Waals surface area (Å²) >= 11 is 4.39. The molecular weight excluding hydrogens is 168 g/mol. The standard InChI is InChI=1S/C10H14S.H2O/c1-10(2,3)8-6-4-5-7-9(8)11;/h4-7,11H,1-3H3;1H2. The molecular formula is C10H16OS. The van der Waals surface area contributed by atoms with Gasteiger partial charge in [-0.3, -0.25) is 0 Å². The molecule has 0 radical (unpaired) electrons. The van der Waals surface area contributed by atoms with E-state index in [1.165, 1.54) is 5.56 Å². The Hall–Kier alpha value is -0.470. The highest BCUT2D eigenvalue weighted by Crippen LogP contribution is 2.27. The second-order valence-corrected chi connectivity index (χ2v) is 4.25. The van der Waals surface area contributed by atoms with Crippen molar-refractivity contribution in [2.24, 2.45) is 0 Å². The summed E-state index contributed by atoms with van der Waals surface area (Å²) in [7, 11) is 0. The Bertz CT molecular complexity index is 250. The summed E-state index contributed by atoms with van der Waals surface area (Å²) < 4.78 is 0. The fourth-order valence-corrected chi connectivity index (χ4v) is 1.60. The molecule has 12 heavy (non-hydrogen) atoms. The van der Waals surface area contributed by atoms with Crippen LogP contribution in [-0.2, 0) is 5.41 Å². The van der Waals surface area contributed by atoms with Crippen molar-refractivity contribution in [3.05, 3.63) is 29.8 Å². The van der Waals surface area contributed by atoms with Crippen LogP contribution in [0.15, 0.2) is 29.2 Å². The van der Waals surface area contributed by atoms with Gasteiger partial charge in [0.05, 0.1) is 0 Å². The molecule has 0 aliphatic carbocycles. The van der Waals surface area contributed by atoms with Crippen LogP contribution in [0.3, 0.4) is 0 Å². The Balaban J connectivity index is 0.00000121. The average Bonchev–Trinajstić information content (AvgIpc) is 1.86. The van der Waals surface area contributed by atoms with Gasteiger partial charge in [0, 0.05) is 4.90 Å². The van der Waals surface area contributed by atoms with Gasteiger partial charge in [0.1, 0.15) is 0 Å². The molecule has 1 aromatic carbocycles. The van der Waals surface area contributed by atoms with Crippen LogP contribution in [0.25, 0.3) is 0 Å². The lowest BCUT2D eigenvalue weighted by Crippen LogP contribution is -2.11. The number of rotatable bonds is 0. The van der Waals surface area contributed by atoms with Gasteiger partial charge in [-0.05, 0) is 17.0 Å².